The molecule has 0 spiro atoms. The van der Waals surface area contributed by atoms with Gasteiger partial charge in [-0.1, -0.05) is 125 Å². The van der Waals surface area contributed by atoms with E-state index in [4.69, 9.17) is 0 Å². The van der Waals surface area contributed by atoms with E-state index in [1.807, 2.05) is 0 Å². The van der Waals surface area contributed by atoms with Crippen LogP contribution in [0.1, 0.15) is 88.5 Å². The Labute approximate surface area is 312 Å². The number of pyridine rings is 1. The Morgan fingerprint density at radius 1 is 0.755 bits per heavy atom. The van der Waals surface area contributed by atoms with Gasteiger partial charge >= 0.3 is 5.56 Å². The molecule has 3 atom stereocenters. The molecule has 0 N–H and O–H groups in total. The van der Waals surface area contributed by atoms with Gasteiger partial charge in [-0.25, -0.2) is 9.20 Å². The van der Waals surface area contributed by atoms with E-state index in [1.54, 1.807) is 0 Å². The van der Waals surface area contributed by atoms with Crippen LogP contribution in [0.2, 0.25) is 0 Å². The van der Waals surface area contributed by atoms with Gasteiger partial charge in [-0.05, 0) is 90.6 Å². The van der Waals surface area contributed by atoms with Gasteiger partial charge in [0.2, 0.25) is 0 Å². The van der Waals surface area contributed by atoms with Gasteiger partial charge in [0, 0.05) is 28.0 Å². The Kier molecular flexibility index (Phi) is 7.15. The summed E-state index contributed by atoms with van der Waals surface area (Å²) < 4.78 is 4.75. The maximum absolute atomic E-state index is 15.1. The molecule has 3 aliphatic rings. The van der Waals surface area contributed by atoms with Gasteiger partial charge in [-0.15, -0.1) is 0 Å². The van der Waals surface area contributed by atoms with Crippen LogP contribution in [0.5, 0.6) is 0 Å². The summed E-state index contributed by atoms with van der Waals surface area (Å²) >= 11 is 0. The molecule has 2 aliphatic carbocycles. The van der Waals surface area contributed by atoms with E-state index in [2.05, 4.69) is 175 Å². The van der Waals surface area contributed by atoms with Crippen molar-refractivity contribution in [2.24, 2.45) is 0 Å². The zero-order valence-electron chi connectivity index (χ0n) is 31.1. The fraction of sp³-hybridized carbons (Fsp3) is 0.265. The lowest BCUT2D eigenvalue weighted by Gasteiger charge is -2.40. The number of hydrogen-bond donors (Lipinski definition) is 0. The first-order valence-corrected chi connectivity index (χ1v) is 19.6. The maximum Gasteiger partial charge on any atom is 0.341 e. The Morgan fingerprint density at radius 2 is 1.42 bits per heavy atom. The molecule has 5 aromatic carbocycles. The summed E-state index contributed by atoms with van der Waals surface area (Å²) in [4.78, 5) is 17.6. The Morgan fingerprint density at radius 3 is 2.13 bits per heavy atom. The second-order valence-electron chi connectivity index (χ2n) is 16.0. The topological polar surface area (TPSA) is 28.6 Å². The summed E-state index contributed by atoms with van der Waals surface area (Å²) in [6, 6.07) is 46.1. The number of benzene rings is 5. The van der Waals surface area contributed by atoms with Crippen LogP contribution in [0, 0.1) is 0 Å². The highest BCUT2D eigenvalue weighted by molar-refractivity contribution is 6.07. The minimum Gasteiger partial charge on any atom is -0.309 e. The van der Waals surface area contributed by atoms with Gasteiger partial charge < -0.3 is 4.90 Å². The second-order valence-corrected chi connectivity index (χ2v) is 16.0. The van der Waals surface area contributed by atoms with Crippen molar-refractivity contribution >= 4 is 33.5 Å². The lowest BCUT2D eigenvalue weighted by atomic mass is 9.72. The molecule has 2 bridgehead atoms. The van der Waals surface area contributed by atoms with Crippen LogP contribution in [0.4, 0.5) is 17.1 Å². The third-order valence-corrected chi connectivity index (χ3v) is 13.6. The van der Waals surface area contributed by atoms with Crippen molar-refractivity contribution in [3.8, 4) is 22.3 Å². The van der Waals surface area contributed by atoms with Gasteiger partial charge in [-0.2, -0.15) is 4.57 Å². The number of nitrogens with zero attached hydrogens (tertiary/aromatic N) is 3. The van der Waals surface area contributed by atoms with Gasteiger partial charge in [0.05, 0.1) is 28.5 Å². The van der Waals surface area contributed by atoms with Crippen LogP contribution in [-0.2, 0) is 11.0 Å². The molecule has 2 aromatic heterocycles. The summed E-state index contributed by atoms with van der Waals surface area (Å²) in [5, 5.41) is 2.39. The Balaban J connectivity index is 1.30. The molecule has 53 heavy (non-hydrogen) atoms. The van der Waals surface area contributed by atoms with Crippen LogP contribution < -0.4 is 15.0 Å². The Bertz CT molecular complexity index is 2620. The highest BCUT2D eigenvalue weighted by atomic mass is 16.1. The quantitative estimate of drug-likeness (QED) is 0.123. The number of aromatic nitrogens is 2. The van der Waals surface area contributed by atoms with Crippen LogP contribution in [0.3, 0.4) is 0 Å². The first-order valence-electron chi connectivity index (χ1n) is 19.6. The van der Waals surface area contributed by atoms with Crippen molar-refractivity contribution in [3.63, 3.8) is 0 Å². The standard InChI is InChI=1S/C49H46N3O/c1-5-49(6-2)32(3)38-25-26-42(40-28-30-50-45-43(36-27-29-48(45,4)31-36)47(53)52(49)46(50)44(38)40)51(37-23-21-34(22-24-37)33-15-9-7-10-16-33)41-20-14-13-19-39(41)35-17-11-8-12-18-35/h7-26,28,30,32,36H,5-6,27,29,31H2,1-4H3/q+1. The zero-order chi connectivity index (χ0) is 36.1. The van der Waals surface area contributed by atoms with E-state index in [-0.39, 0.29) is 22.4 Å². The lowest BCUT2D eigenvalue weighted by Crippen LogP contribution is -2.70. The molecule has 3 unspecified atom stereocenters. The van der Waals surface area contributed by atoms with E-state index in [9.17, 15) is 0 Å². The van der Waals surface area contributed by atoms with Gasteiger partial charge in [0.1, 0.15) is 11.2 Å². The smallest absolute Gasteiger partial charge is 0.309 e. The molecule has 4 heteroatoms. The minimum absolute atomic E-state index is 0.0275. The van der Waals surface area contributed by atoms with Crippen molar-refractivity contribution in [1.29, 1.82) is 0 Å². The maximum atomic E-state index is 15.1. The Hall–Kier alpha value is -5.48. The molecule has 1 aliphatic heterocycles. The average molecular weight is 693 g/mol. The number of rotatable bonds is 7. The van der Waals surface area contributed by atoms with Crippen molar-refractivity contribution in [2.45, 2.75) is 82.6 Å². The highest BCUT2D eigenvalue weighted by Crippen LogP contribution is 2.57. The molecule has 0 radical (unpaired) electrons. The van der Waals surface area contributed by atoms with Crippen LogP contribution >= 0.6 is 0 Å². The van der Waals surface area contributed by atoms with Gasteiger partial charge in [0.15, 0.2) is 0 Å². The van der Waals surface area contributed by atoms with Crippen LogP contribution in [0.15, 0.2) is 138 Å². The fourth-order valence-corrected chi connectivity index (χ4v) is 10.9. The van der Waals surface area contributed by atoms with E-state index in [0.717, 1.165) is 60.4 Å². The molecule has 1 fully saturated rings. The summed E-state index contributed by atoms with van der Waals surface area (Å²) in [6.07, 6.45) is 7.46. The number of para-hydroxylation sites is 1. The molecule has 4 nitrogen and oxygen atoms in total. The van der Waals surface area contributed by atoms with Gasteiger partial charge in [-0.3, -0.25) is 0 Å². The predicted molar refractivity (Wildman–Crippen MR) is 218 cm³/mol. The average Bonchev–Trinajstić information content (AvgIpc) is 3.75. The first-order chi connectivity index (χ1) is 25.9. The van der Waals surface area contributed by atoms with Crippen molar-refractivity contribution in [2.75, 3.05) is 4.90 Å². The number of hydrogen-bond acceptors (Lipinski definition) is 2. The van der Waals surface area contributed by atoms with E-state index < -0.39 is 0 Å². The lowest BCUT2D eigenvalue weighted by molar-refractivity contribution is -0.763. The molecule has 0 amide bonds. The van der Waals surface area contributed by atoms with Crippen LogP contribution in [0.25, 0.3) is 38.7 Å². The van der Waals surface area contributed by atoms with E-state index in [0.29, 0.717) is 5.92 Å². The third-order valence-electron chi connectivity index (χ3n) is 13.6. The summed E-state index contributed by atoms with van der Waals surface area (Å²) in [6.45, 7) is 9.33. The fourth-order valence-electron chi connectivity index (χ4n) is 10.9. The normalized spacial score (nSPS) is 20.7. The zero-order valence-corrected chi connectivity index (χ0v) is 31.1. The van der Waals surface area contributed by atoms with Crippen molar-refractivity contribution in [3.05, 3.63) is 161 Å². The molecule has 10 rings (SSSR count). The van der Waals surface area contributed by atoms with Gasteiger partial charge in [0.25, 0.3) is 5.65 Å². The van der Waals surface area contributed by atoms with Crippen molar-refractivity contribution < 1.29 is 4.57 Å². The molecule has 3 heterocycles. The third kappa shape index (κ3) is 4.41. The number of anilines is 3. The highest BCUT2D eigenvalue weighted by Gasteiger charge is 2.56. The summed E-state index contributed by atoms with van der Waals surface area (Å²) in [5.41, 5.74) is 12.8. The molecular formula is C49H46N3O+. The largest absolute Gasteiger partial charge is 0.341 e. The first kappa shape index (κ1) is 32.2. The van der Waals surface area contributed by atoms with Crippen molar-refractivity contribution in [1.82, 2.24) is 4.40 Å². The SMILES string of the molecule is CCC1(CC)C(C)c2ccc(N(c3ccc(-c4ccccc4)cc3)c3ccccc3-c3ccccc3)c3ccn4c5c(c(=O)[n+]1c4c23)C1CCC5(C)C1. The molecule has 262 valence electrons. The number of fused-ring (bicyclic) bond motifs is 6. The summed E-state index contributed by atoms with van der Waals surface area (Å²) in [7, 11) is 0. The second kappa shape index (κ2) is 11.8. The minimum atomic E-state index is -0.296. The molecule has 1 saturated carbocycles. The molecular weight excluding hydrogens is 647 g/mol. The predicted octanol–water partition coefficient (Wildman–Crippen LogP) is 11.7. The summed E-state index contributed by atoms with van der Waals surface area (Å²) in [5.74, 6) is 0.532. The molecule has 7 aromatic rings. The van der Waals surface area contributed by atoms with E-state index in [1.165, 1.54) is 44.3 Å². The van der Waals surface area contributed by atoms with Crippen LogP contribution in [-0.4, -0.2) is 4.40 Å². The van der Waals surface area contributed by atoms with E-state index >= 15 is 4.79 Å². The monoisotopic (exact) mass is 692 g/mol. The molecule has 0 saturated heterocycles.